The van der Waals surface area contributed by atoms with Crippen molar-refractivity contribution in [3.63, 3.8) is 0 Å². The first-order chi connectivity index (χ1) is 15.2. The van der Waals surface area contributed by atoms with E-state index in [-0.39, 0.29) is 48.9 Å². The van der Waals surface area contributed by atoms with Crippen molar-refractivity contribution in [3.05, 3.63) is 12.2 Å². The Morgan fingerprint density at radius 2 is 1.88 bits per heavy atom. The van der Waals surface area contributed by atoms with Gasteiger partial charge in [-0.25, -0.2) is 0 Å². The van der Waals surface area contributed by atoms with Gasteiger partial charge in [0.25, 0.3) is 0 Å². The standard InChI is InChI=1S/C25H42N2O5/c1-7-10-16(6)26-23(29)22-19-12-11-17(8-2)20(25(31)32-9-3)21(19)24(30)27(22)18(14-28)13-15(4)5/h11-12,15-22,28H,7-10,13-14H2,1-6H3,(H,26,29)/t16?,17-,18-,19+,20-,21+,22+/m1/s1. The SMILES string of the molecule is CCCC(C)NC(=O)[C@@H]1[C@H]2C=C[C@@H](CC)[C@@H](C(=O)OCC)[C@H]2C(=O)N1[C@@H](CO)CC(C)C. The quantitative estimate of drug-likeness (QED) is 0.373. The van der Waals surface area contributed by atoms with Crippen molar-refractivity contribution >= 4 is 17.8 Å². The molecule has 1 unspecified atom stereocenters. The van der Waals surface area contributed by atoms with E-state index in [1.165, 1.54) is 0 Å². The number of nitrogens with zero attached hydrogens (tertiary/aromatic N) is 1. The van der Waals surface area contributed by atoms with Gasteiger partial charge < -0.3 is 20.1 Å². The number of ether oxygens (including phenoxy) is 1. The molecule has 7 atom stereocenters. The van der Waals surface area contributed by atoms with Crippen molar-refractivity contribution in [2.45, 2.75) is 85.4 Å². The molecule has 2 rings (SSSR count). The van der Waals surface area contributed by atoms with E-state index in [0.29, 0.717) is 12.8 Å². The van der Waals surface area contributed by atoms with E-state index in [1.54, 1.807) is 11.8 Å². The number of hydrogen-bond donors (Lipinski definition) is 2. The number of esters is 1. The fourth-order valence-corrected chi connectivity index (χ4v) is 5.44. The lowest BCUT2D eigenvalue weighted by molar-refractivity contribution is -0.156. The molecule has 0 saturated carbocycles. The molecular weight excluding hydrogens is 408 g/mol. The minimum absolute atomic E-state index is 0.0157. The maximum absolute atomic E-state index is 13.8. The average molecular weight is 451 g/mol. The Kier molecular flexibility index (Phi) is 9.74. The first-order valence-corrected chi connectivity index (χ1v) is 12.3. The van der Waals surface area contributed by atoms with Crippen LogP contribution >= 0.6 is 0 Å². The summed E-state index contributed by atoms with van der Waals surface area (Å²) in [5, 5.41) is 13.2. The summed E-state index contributed by atoms with van der Waals surface area (Å²) in [6, 6.07) is -1.23. The van der Waals surface area contributed by atoms with E-state index >= 15 is 0 Å². The summed E-state index contributed by atoms with van der Waals surface area (Å²) in [4.78, 5) is 41.8. The average Bonchev–Trinajstić information content (AvgIpc) is 3.03. The van der Waals surface area contributed by atoms with Crippen molar-refractivity contribution in [3.8, 4) is 0 Å². The zero-order chi connectivity index (χ0) is 24.0. The summed E-state index contributed by atoms with van der Waals surface area (Å²) in [6.45, 7) is 11.9. The number of nitrogens with one attached hydrogen (secondary N) is 1. The highest BCUT2D eigenvalue weighted by molar-refractivity contribution is 5.96. The third-order valence-electron chi connectivity index (χ3n) is 6.80. The van der Waals surface area contributed by atoms with Crippen molar-refractivity contribution in [2.75, 3.05) is 13.2 Å². The Morgan fingerprint density at radius 1 is 1.19 bits per heavy atom. The second-order valence-corrected chi connectivity index (χ2v) is 9.69. The van der Waals surface area contributed by atoms with Crippen LogP contribution in [0.15, 0.2) is 12.2 Å². The molecule has 0 aromatic heterocycles. The maximum Gasteiger partial charge on any atom is 0.310 e. The smallest absolute Gasteiger partial charge is 0.310 e. The van der Waals surface area contributed by atoms with Crippen molar-refractivity contribution in [1.29, 1.82) is 0 Å². The minimum Gasteiger partial charge on any atom is -0.466 e. The van der Waals surface area contributed by atoms with Crippen LogP contribution in [0.25, 0.3) is 0 Å². The third-order valence-corrected chi connectivity index (χ3v) is 6.80. The van der Waals surface area contributed by atoms with Gasteiger partial charge in [-0.15, -0.1) is 0 Å². The van der Waals surface area contributed by atoms with Crippen molar-refractivity contribution in [2.24, 2.45) is 29.6 Å². The zero-order valence-corrected chi connectivity index (χ0v) is 20.5. The number of amides is 2. The number of carbonyl (C=O) groups excluding carboxylic acids is 3. The Balaban J connectivity index is 2.50. The normalized spacial score (nSPS) is 29.1. The van der Waals surface area contributed by atoms with Crippen LogP contribution < -0.4 is 5.32 Å². The highest BCUT2D eigenvalue weighted by Crippen LogP contribution is 2.46. The molecule has 2 N–H and O–H groups in total. The minimum atomic E-state index is -0.742. The number of rotatable bonds is 11. The second kappa shape index (κ2) is 11.8. The number of likely N-dealkylation sites (tertiary alicyclic amines) is 1. The maximum atomic E-state index is 13.8. The van der Waals surface area contributed by atoms with Crippen LogP contribution in [0, 0.1) is 29.6 Å². The number of aliphatic hydroxyl groups excluding tert-OH is 1. The summed E-state index contributed by atoms with van der Waals surface area (Å²) in [6.07, 6.45) is 7.00. The number of fused-ring (bicyclic) bond motifs is 1. The molecule has 0 spiro atoms. The Labute approximate surface area is 192 Å². The molecule has 2 aliphatic rings. The number of carbonyl (C=O) groups is 3. The first-order valence-electron chi connectivity index (χ1n) is 12.3. The summed E-state index contributed by atoms with van der Waals surface area (Å²) in [7, 11) is 0. The van der Waals surface area contributed by atoms with Crippen LogP contribution in [0.2, 0.25) is 0 Å². The van der Waals surface area contributed by atoms with Crippen LogP contribution in [-0.2, 0) is 19.1 Å². The number of aliphatic hydroxyl groups is 1. The van der Waals surface area contributed by atoms with Crippen molar-refractivity contribution < 1.29 is 24.2 Å². The third kappa shape index (κ3) is 5.53. The zero-order valence-electron chi connectivity index (χ0n) is 20.5. The summed E-state index contributed by atoms with van der Waals surface area (Å²) < 4.78 is 5.36. The second-order valence-electron chi connectivity index (χ2n) is 9.69. The largest absolute Gasteiger partial charge is 0.466 e. The van der Waals surface area contributed by atoms with Gasteiger partial charge in [-0.1, -0.05) is 46.3 Å². The predicted octanol–water partition coefficient (Wildman–Crippen LogP) is 2.92. The highest BCUT2D eigenvalue weighted by atomic mass is 16.5. The van der Waals surface area contributed by atoms with Crippen LogP contribution in [0.3, 0.4) is 0 Å². The topological polar surface area (TPSA) is 95.9 Å². The molecule has 0 aromatic carbocycles. The number of hydrogen-bond acceptors (Lipinski definition) is 5. The highest BCUT2D eigenvalue weighted by Gasteiger charge is 2.58. The lowest BCUT2D eigenvalue weighted by Crippen LogP contribution is -2.54. The molecule has 0 aromatic rings. The molecule has 1 heterocycles. The molecule has 1 aliphatic carbocycles. The Hall–Kier alpha value is -1.89. The van der Waals surface area contributed by atoms with Crippen LogP contribution in [0.1, 0.15) is 67.2 Å². The van der Waals surface area contributed by atoms with E-state index in [0.717, 1.165) is 12.8 Å². The molecule has 0 bridgehead atoms. The van der Waals surface area contributed by atoms with Gasteiger partial charge in [0.2, 0.25) is 11.8 Å². The molecule has 182 valence electrons. The lowest BCUT2D eigenvalue weighted by Gasteiger charge is -2.35. The van der Waals surface area contributed by atoms with Gasteiger partial charge >= 0.3 is 5.97 Å². The van der Waals surface area contributed by atoms with Gasteiger partial charge in [0.1, 0.15) is 6.04 Å². The van der Waals surface area contributed by atoms with Crippen molar-refractivity contribution in [1.82, 2.24) is 10.2 Å². The molecule has 7 heteroatoms. The monoisotopic (exact) mass is 450 g/mol. The molecule has 7 nitrogen and oxygen atoms in total. The van der Waals surface area contributed by atoms with Gasteiger partial charge in [0.05, 0.1) is 31.1 Å². The van der Waals surface area contributed by atoms with E-state index in [2.05, 4.69) is 12.2 Å². The molecule has 2 amide bonds. The first kappa shape index (κ1) is 26.4. The molecule has 1 aliphatic heterocycles. The van der Waals surface area contributed by atoms with Gasteiger partial charge in [-0.05, 0) is 44.9 Å². The number of allylic oxidation sites excluding steroid dienone is 1. The fraction of sp³-hybridized carbons (Fsp3) is 0.800. The van der Waals surface area contributed by atoms with Crippen LogP contribution in [-0.4, -0.2) is 59.1 Å². The van der Waals surface area contributed by atoms with E-state index in [1.807, 2.05) is 39.8 Å². The fourth-order valence-electron chi connectivity index (χ4n) is 5.44. The molecule has 1 saturated heterocycles. The molecule has 0 radical (unpaired) electrons. The summed E-state index contributed by atoms with van der Waals surface area (Å²) in [5.74, 6) is -2.37. The predicted molar refractivity (Wildman–Crippen MR) is 123 cm³/mol. The van der Waals surface area contributed by atoms with E-state index in [4.69, 9.17) is 4.74 Å². The summed E-state index contributed by atoms with van der Waals surface area (Å²) >= 11 is 0. The van der Waals surface area contributed by atoms with Gasteiger partial charge in [-0.3, -0.25) is 14.4 Å². The summed E-state index contributed by atoms with van der Waals surface area (Å²) in [5.41, 5.74) is 0. The van der Waals surface area contributed by atoms with Gasteiger partial charge in [0.15, 0.2) is 0 Å². The van der Waals surface area contributed by atoms with E-state index < -0.39 is 29.8 Å². The van der Waals surface area contributed by atoms with Crippen LogP contribution in [0.5, 0.6) is 0 Å². The van der Waals surface area contributed by atoms with Gasteiger partial charge in [-0.2, -0.15) is 0 Å². The van der Waals surface area contributed by atoms with E-state index in [9.17, 15) is 19.5 Å². The Morgan fingerprint density at radius 3 is 2.41 bits per heavy atom. The molecule has 32 heavy (non-hydrogen) atoms. The lowest BCUT2D eigenvalue weighted by atomic mass is 9.69. The Bertz CT molecular complexity index is 692. The molecular formula is C25H42N2O5. The van der Waals surface area contributed by atoms with Crippen LogP contribution in [0.4, 0.5) is 0 Å². The molecule has 1 fully saturated rings. The van der Waals surface area contributed by atoms with Gasteiger partial charge in [0, 0.05) is 12.0 Å².